The number of rotatable bonds is 7. The first-order valence-electron chi connectivity index (χ1n) is 16.6. The average molecular weight is 517 g/mol. The molecule has 0 nitrogen and oxygen atoms in total. The Morgan fingerprint density at radius 1 is 0.921 bits per heavy atom. The molecule has 0 saturated heterocycles. The van der Waals surface area contributed by atoms with E-state index in [4.69, 9.17) is 0 Å². The third-order valence-electron chi connectivity index (χ3n) is 13.2. The third kappa shape index (κ3) is 5.52. The van der Waals surface area contributed by atoms with Crippen molar-refractivity contribution in [3.63, 3.8) is 0 Å². The van der Waals surface area contributed by atoms with E-state index in [-0.39, 0.29) is 0 Å². The van der Waals surface area contributed by atoms with Crippen LogP contribution in [0.1, 0.15) is 138 Å². The molecular formula is C38H60. The summed E-state index contributed by atoms with van der Waals surface area (Å²) in [6, 6.07) is 0. The number of hydrogen-bond donors (Lipinski definition) is 0. The van der Waals surface area contributed by atoms with Crippen LogP contribution in [0.4, 0.5) is 0 Å². The molecule has 0 heterocycles. The van der Waals surface area contributed by atoms with Crippen molar-refractivity contribution in [3.05, 3.63) is 36.0 Å². The van der Waals surface area contributed by atoms with Gasteiger partial charge in [-0.05, 0) is 136 Å². The van der Waals surface area contributed by atoms with E-state index in [0.29, 0.717) is 22.2 Å². The van der Waals surface area contributed by atoms with Gasteiger partial charge in [-0.15, -0.1) is 5.92 Å². The molecule has 212 valence electrons. The molecular weight excluding hydrogens is 456 g/mol. The molecule has 0 amide bonds. The fourth-order valence-electron chi connectivity index (χ4n) is 10.6. The molecule has 4 fully saturated rings. The zero-order valence-electron chi connectivity index (χ0n) is 26.3. The fraction of sp³-hybridized carbons (Fsp3) is 0.789. The highest BCUT2D eigenvalue weighted by Crippen LogP contribution is 2.67. The minimum Gasteiger partial charge on any atom is -0.101 e. The van der Waals surface area contributed by atoms with Crippen LogP contribution in [0.5, 0.6) is 0 Å². The second kappa shape index (κ2) is 12.1. The first kappa shape index (κ1) is 29.8. The molecule has 0 heteroatoms. The lowest BCUT2D eigenvalue weighted by molar-refractivity contribution is -0.119. The van der Waals surface area contributed by atoms with Crippen molar-refractivity contribution in [2.75, 3.05) is 0 Å². The summed E-state index contributed by atoms with van der Waals surface area (Å²) in [5, 5.41) is 0. The zero-order valence-corrected chi connectivity index (χ0v) is 26.3. The van der Waals surface area contributed by atoms with Crippen molar-refractivity contribution in [3.8, 4) is 11.8 Å². The van der Waals surface area contributed by atoms with Crippen LogP contribution in [-0.2, 0) is 0 Å². The molecule has 38 heavy (non-hydrogen) atoms. The van der Waals surface area contributed by atoms with Gasteiger partial charge in [0.2, 0.25) is 0 Å². The second-order valence-electron chi connectivity index (χ2n) is 14.8. The van der Waals surface area contributed by atoms with Crippen LogP contribution >= 0.6 is 0 Å². The van der Waals surface area contributed by atoms with Crippen molar-refractivity contribution in [2.45, 2.75) is 138 Å². The fourth-order valence-corrected chi connectivity index (χ4v) is 10.6. The molecule has 0 aromatic rings. The maximum Gasteiger partial charge on any atom is 0.0202 e. The molecule has 4 saturated carbocycles. The normalized spacial score (nSPS) is 42.4. The monoisotopic (exact) mass is 516 g/mol. The van der Waals surface area contributed by atoms with E-state index in [1.165, 1.54) is 89.9 Å². The van der Waals surface area contributed by atoms with Crippen LogP contribution in [0.15, 0.2) is 36.0 Å². The van der Waals surface area contributed by atoms with Crippen LogP contribution < -0.4 is 0 Å². The molecule has 9 atom stereocenters. The van der Waals surface area contributed by atoms with Crippen LogP contribution in [0, 0.1) is 63.6 Å². The Morgan fingerprint density at radius 2 is 1.66 bits per heavy atom. The molecule has 2 unspecified atom stereocenters. The van der Waals surface area contributed by atoms with E-state index in [1.54, 1.807) is 5.57 Å². The Kier molecular flexibility index (Phi) is 9.48. The Morgan fingerprint density at radius 3 is 2.32 bits per heavy atom. The van der Waals surface area contributed by atoms with Gasteiger partial charge in [0.25, 0.3) is 0 Å². The van der Waals surface area contributed by atoms with Gasteiger partial charge in [-0.1, -0.05) is 90.2 Å². The molecule has 0 spiro atoms. The highest BCUT2D eigenvalue weighted by Gasteiger charge is 2.58. The molecule has 4 aliphatic rings. The van der Waals surface area contributed by atoms with Crippen LogP contribution in [0.25, 0.3) is 0 Å². The summed E-state index contributed by atoms with van der Waals surface area (Å²) >= 11 is 0. The molecule has 0 aliphatic heterocycles. The van der Waals surface area contributed by atoms with Crippen molar-refractivity contribution in [1.29, 1.82) is 0 Å². The van der Waals surface area contributed by atoms with E-state index < -0.39 is 0 Å². The summed E-state index contributed by atoms with van der Waals surface area (Å²) in [6.45, 7) is 21.0. The van der Waals surface area contributed by atoms with Crippen LogP contribution in [0.2, 0.25) is 0 Å². The minimum atomic E-state index is 0.490. The lowest BCUT2D eigenvalue weighted by Crippen LogP contribution is -2.54. The number of hydrogen-bond acceptors (Lipinski definition) is 0. The van der Waals surface area contributed by atoms with Gasteiger partial charge in [0.1, 0.15) is 0 Å². The SMILES string of the molecule is C=C/C(C#CC)=C\C(C)C/C(=C\C)[C@@H]1CCC[C@H]2[C@@H]3CC[C@]4(CC)CC[C@@](C)(CC)CCC4[C@H]3CC[C@]12C. The summed E-state index contributed by atoms with van der Waals surface area (Å²) in [6.07, 6.45) is 27.1. The molecule has 0 aromatic carbocycles. The summed E-state index contributed by atoms with van der Waals surface area (Å²) in [5.74, 6) is 11.5. The summed E-state index contributed by atoms with van der Waals surface area (Å²) in [5.41, 5.74) is 4.56. The number of allylic oxidation sites excluding steroid dienone is 5. The number of fused-ring (bicyclic) bond motifs is 5. The third-order valence-corrected chi connectivity index (χ3v) is 13.2. The minimum absolute atomic E-state index is 0.490. The molecule has 4 aliphatic carbocycles. The summed E-state index contributed by atoms with van der Waals surface area (Å²) in [4.78, 5) is 0. The predicted octanol–water partition coefficient (Wildman–Crippen LogP) is 11.3. The van der Waals surface area contributed by atoms with Crippen LogP contribution in [0.3, 0.4) is 0 Å². The van der Waals surface area contributed by atoms with Gasteiger partial charge in [-0.25, -0.2) is 0 Å². The van der Waals surface area contributed by atoms with E-state index in [1.807, 2.05) is 13.0 Å². The van der Waals surface area contributed by atoms with Gasteiger partial charge in [-0.2, -0.15) is 0 Å². The lowest BCUT2D eigenvalue weighted by atomic mass is 9.43. The second-order valence-corrected chi connectivity index (χ2v) is 14.8. The van der Waals surface area contributed by atoms with Crippen LogP contribution in [-0.4, -0.2) is 0 Å². The first-order valence-corrected chi connectivity index (χ1v) is 16.6. The maximum absolute atomic E-state index is 4.00. The van der Waals surface area contributed by atoms with E-state index >= 15 is 0 Å². The predicted molar refractivity (Wildman–Crippen MR) is 167 cm³/mol. The standard InChI is InChI=1S/C38H60/c1-9-15-29(10-2)26-28(6)27-30(11-3)33-16-14-17-34-31-19-23-38(13-5)25-24-36(7,12-4)21-20-35(38)32(31)18-22-37(33,34)8/h10-11,26,28,31-35H,2,12-14,16-25,27H2,1,3-8H3/b29-26+,30-11+/t28?,31-,32+,33+,34+,35?,36+,37-,38-/m1/s1. The maximum atomic E-state index is 4.00. The topological polar surface area (TPSA) is 0 Å². The molecule has 0 N–H and O–H groups in total. The molecule has 4 rings (SSSR count). The van der Waals surface area contributed by atoms with Gasteiger partial charge in [0.15, 0.2) is 0 Å². The van der Waals surface area contributed by atoms with E-state index in [2.05, 4.69) is 72.1 Å². The quantitative estimate of drug-likeness (QED) is 0.179. The zero-order chi connectivity index (χ0) is 27.6. The highest BCUT2D eigenvalue weighted by atomic mass is 14.6. The van der Waals surface area contributed by atoms with Crippen molar-refractivity contribution in [2.24, 2.45) is 51.8 Å². The highest BCUT2D eigenvalue weighted by molar-refractivity contribution is 5.37. The van der Waals surface area contributed by atoms with Gasteiger partial charge < -0.3 is 0 Å². The average Bonchev–Trinajstić information content (AvgIpc) is 3.08. The van der Waals surface area contributed by atoms with Crippen molar-refractivity contribution >= 4 is 0 Å². The Labute approximate surface area is 237 Å². The first-order chi connectivity index (χ1) is 18.2. The Hall–Kier alpha value is -1.22. The van der Waals surface area contributed by atoms with E-state index in [9.17, 15) is 0 Å². The smallest absolute Gasteiger partial charge is 0.0202 e. The Bertz CT molecular complexity index is 952. The largest absolute Gasteiger partial charge is 0.101 e. The van der Waals surface area contributed by atoms with Crippen molar-refractivity contribution < 1.29 is 0 Å². The van der Waals surface area contributed by atoms with Gasteiger partial charge in [0, 0.05) is 5.57 Å². The molecule has 0 aromatic heterocycles. The lowest BCUT2D eigenvalue weighted by Gasteiger charge is -2.62. The molecule has 0 bridgehead atoms. The van der Waals surface area contributed by atoms with E-state index in [0.717, 1.165) is 35.2 Å². The summed E-state index contributed by atoms with van der Waals surface area (Å²) in [7, 11) is 0. The van der Waals surface area contributed by atoms with Gasteiger partial charge in [-0.3, -0.25) is 0 Å². The van der Waals surface area contributed by atoms with Gasteiger partial charge >= 0.3 is 0 Å². The summed E-state index contributed by atoms with van der Waals surface area (Å²) < 4.78 is 0. The molecule has 0 radical (unpaired) electrons. The van der Waals surface area contributed by atoms with Gasteiger partial charge in [0.05, 0.1) is 0 Å². The Balaban J connectivity index is 1.56. The van der Waals surface area contributed by atoms with Crippen molar-refractivity contribution in [1.82, 2.24) is 0 Å².